The molecule has 36 heavy (non-hydrogen) atoms. The van der Waals surface area contributed by atoms with E-state index in [4.69, 9.17) is 0 Å². The summed E-state index contributed by atoms with van der Waals surface area (Å²) in [5.41, 5.74) is 3.17. The molecule has 0 aliphatic heterocycles. The van der Waals surface area contributed by atoms with Crippen molar-refractivity contribution in [2.45, 2.75) is 45.2 Å². The predicted molar refractivity (Wildman–Crippen MR) is 142 cm³/mol. The van der Waals surface area contributed by atoms with Crippen LogP contribution in [0.5, 0.6) is 0 Å². The molecular formula is C28H33N3O4S. The van der Waals surface area contributed by atoms with E-state index in [0.29, 0.717) is 12.2 Å². The van der Waals surface area contributed by atoms with Crippen LogP contribution in [0.4, 0.5) is 5.69 Å². The molecule has 3 aromatic rings. The van der Waals surface area contributed by atoms with Crippen LogP contribution in [-0.4, -0.2) is 44.3 Å². The second-order valence-corrected chi connectivity index (χ2v) is 10.6. The van der Waals surface area contributed by atoms with Crippen molar-refractivity contribution >= 4 is 27.5 Å². The van der Waals surface area contributed by atoms with Crippen molar-refractivity contribution in [2.24, 2.45) is 0 Å². The summed E-state index contributed by atoms with van der Waals surface area (Å²) < 4.78 is 28.5. The largest absolute Gasteiger partial charge is 0.355 e. The lowest BCUT2D eigenvalue weighted by molar-refractivity contribution is -0.139. The molecular weight excluding hydrogens is 474 g/mol. The number of likely N-dealkylation sites (N-methyl/N-ethyl adjacent to an activating group) is 1. The van der Waals surface area contributed by atoms with Crippen LogP contribution < -0.4 is 9.62 Å². The van der Waals surface area contributed by atoms with Gasteiger partial charge in [0.1, 0.15) is 12.6 Å². The summed E-state index contributed by atoms with van der Waals surface area (Å²) in [5.74, 6) is -0.777. The van der Waals surface area contributed by atoms with Gasteiger partial charge in [-0.15, -0.1) is 0 Å². The van der Waals surface area contributed by atoms with Gasteiger partial charge in [0.25, 0.3) is 10.0 Å². The van der Waals surface area contributed by atoms with Crippen molar-refractivity contribution in [1.82, 2.24) is 10.2 Å². The lowest BCUT2D eigenvalue weighted by atomic mass is 10.1. The Hall–Kier alpha value is -3.65. The Morgan fingerprint density at radius 3 is 2.17 bits per heavy atom. The van der Waals surface area contributed by atoms with Crippen molar-refractivity contribution in [2.75, 3.05) is 17.4 Å². The number of rotatable bonds is 10. The molecule has 0 spiro atoms. The van der Waals surface area contributed by atoms with Gasteiger partial charge >= 0.3 is 0 Å². The van der Waals surface area contributed by atoms with Gasteiger partial charge in [0, 0.05) is 13.1 Å². The zero-order chi connectivity index (χ0) is 26.3. The lowest BCUT2D eigenvalue weighted by Crippen LogP contribution is -2.51. The number of sulfonamides is 1. The molecule has 0 heterocycles. The van der Waals surface area contributed by atoms with E-state index >= 15 is 0 Å². The Morgan fingerprint density at radius 2 is 1.56 bits per heavy atom. The summed E-state index contributed by atoms with van der Waals surface area (Å²) in [5, 5.41) is 2.76. The first-order valence-corrected chi connectivity index (χ1v) is 13.3. The maximum absolute atomic E-state index is 13.8. The average molecular weight is 508 g/mol. The highest BCUT2D eigenvalue weighted by molar-refractivity contribution is 7.92. The molecule has 0 aromatic heterocycles. The van der Waals surface area contributed by atoms with Gasteiger partial charge in [-0.2, -0.15) is 0 Å². The number of hydrogen-bond donors (Lipinski definition) is 1. The molecule has 2 amide bonds. The van der Waals surface area contributed by atoms with Crippen LogP contribution in [0, 0.1) is 13.8 Å². The molecule has 0 saturated heterocycles. The number of anilines is 1. The van der Waals surface area contributed by atoms with Crippen LogP contribution in [0.1, 0.15) is 30.5 Å². The summed E-state index contributed by atoms with van der Waals surface area (Å²) in [4.78, 5) is 28.0. The number of carbonyl (C=O) groups is 2. The smallest absolute Gasteiger partial charge is 0.264 e. The first kappa shape index (κ1) is 26.9. The Morgan fingerprint density at radius 1 is 0.889 bits per heavy atom. The van der Waals surface area contributed by atoms with Crippen LogP contribution in [-0.2, 0) is 26.2 Å². The standard InChI is InChI=1S/C28H33N3O4S/c1-5-29-28(33)23(4)30(19-24-16-14-21(2)15-17-24)27(32)20-31(25-11-9-10-22(3)18-25)36(34,35)26-12-7-6-8-13-26/h6-18,23H,5,19-20H2,1-4H3,(H,29,33)/t23-/m0/s1. The van der Waals surface area contributed by atoms with Crippen LogP contribution in [0.15, 0.2) is 83.8 Å². The molecule has 3 rings (SSSR count). The van der Waals surface area contributed by atoms with Crippen LogP contribution in [0.25, 0.3) is 0 Å². The van der Waals surface area contributed by atoms with E-state index in [9.17, 15) is 18.0 Å². The highest BCUT2D eigenvalue weighted by Gasteiger charge is 2.32. The van der Waals surface area contributed by atoms with Gasteiger partial charge in [0.05, 0.1) is 10.6 Å². The number of amides is 2. The lowest BCUT2D eigenvalue weighted by Gasteiger charge is -2.32. The molecule has 0 bridgehead atoms. The van der Waals surface area contributed by atoms with Crippen LogP contribution >= 0.6 is 0 Å². The zero-order valence-corrected chi connectivity index (χ0v) is 22.0. The third-order valence-corrected chi connectivity index (χ3v) is 7.68. The van der Waals surface area contributed by atoms with Crippen molar-refractivity contribution in [3.63, 3.8) is 0 Å². The molecule has 8 heteroatoms. The Labute approximate surface area is 213 Å². The summed E-state index contributed by atoms with van der Waals surface area (Å²) in [6, 6.07) is 21.9. The predicted octanol–water partition coefficient (Wildman–Crippen LogP) is 4.05. The van der Waals surface area contributed by atoms with E-state index in [1.54, 1.807) is 43.3 Å². The van der Waals surface area contributed by atoms with Gasteiger partial charge in [-0.1, -0.05) is 60.2 Å². The summed E-state index contributed by atoms with van der Waals surface area (Å²) >= 11 is 0. The zero-order valence-electron chi connectivity index (χ0n) is 21.1. The molecule has 3 aromatic carbocycles. The van der Waals surface area contributed by atoms with E-state index in [-0.39, 0.29) is 17.3 Å². The molecule has 0 saturated carbocycles. The molecule has 0 aliphatic carbocycles. The third-order valence-electron chi connectivity index (χ3n) is 5.89. The van der Waals surface area contributed by atoms with Crippen molar-refractivity contribution < 1.29 is 18.0 Å². The SMILES string of the molecule is CCNC(=O)[C@H](C)N(Cc1ccc(C)cc1)C(=O)CN(c1cccc(C)c1)S(=O)(=O)c1ccccc1. The fourth-order valence-corrected chi connectivity index (χ4v) is 5.25. The molecule has 0 aliphatic rings. The molecule has 7 nitrogen and oxygen atoms in total. The quantitative estimate of drug-likeness (QED) is 0.449. The summed E-state index contributed by atoms with van der Waals surface area (Å²) in [7, 11) is -4.05. The molecule has 0 radical (unpaired) electrons. The van der Waals surface area contributed by atoms with Gasteiger partial charge < -0.3 is 10.2 Å². The van der Waals surface area contributed by atoms with Gasteiger partial charge in [0.15, 0.2) is 0 Å². The number of benzene rings is 3. The van der Waals surface area contributed by atoms with Crippen molar-refractivity contribution in [1.29, 1.82) is 0 Å². The Bertz CT molecular complexity index is 1290. The fraction of sp³-hybridized carbons (Fsp3) is 0.286. The van der Waals surface area contributed by atoms with Gasteiger partial charge in [-0.25, -0.2) is 8.42 Å². The number of nitrogens with zero attached hydrogens (tertiary/aromatic N) is 2. The first-order valence-electron chi connectivity index (χ1n) is 11.9. The summed E-state index contributed by atoms with van der Waals surface area (Å²) in [6.45, 7) is 7.44. The maximum atomic E-state index is 13.8. The van der Waals surface area contributed by atoms with Gasteiger partial charge in [0.2, 0.25) is 11.8 Å². The third kappa shape index (κ3) is 6.51. The van der Waals surface area contributed by atoms with E-state index in [2.05, 4.69) is 5.32 Å². The number of hydrogen-bond acceptors (Lipinski definition) is 4. The van der Waals surface area contributed by atoms with E-state index < -0.39 is 28.5 Å². The van der Waals surface area contributed by atoms with Gasteiger partial charge in [-0.05, 0) is 63.1 Å². The van der Waals surface area contributed by atoms with Crippen LogP contribution in [0.3, 0.4) is 0 Å². The normalized spacial score (nSPS) is 12.0. The highest BCUT2D eigenvalue weighted by Crippen LogP contribution is 2.25. The van der Waals surface area contributed by atoms with Crippen molar-refractivity contribution in [3.8, 4) is 0 Å². The molecule has 190 valence electrons. The molecule has 0 fully saturated rings. The average Bonchev–Trinajstić information content (AvgIpc) is 2.87. The number of nitrogens with one attached hydrogen (secondary N) is 1. The Balaban J connectivity index is 2.01. The molecule has 1 atom stereocenters. The minimum Gasteiger partial charge on any atom is -0.355 e. The second kappa shape index (κ2) is 11.9. The number of carbonyl (C=O) groups excluding carboxylic acids is 2. The Kier molecular flexibility index (Phi) is 8.88. The summed E-state index contributed by atoms with van der Waals surface area (Å²) in [6.07, 6.45) is 0. The maximum Gasteiger partial charge on any atom is 0.264 e. The van der Waals surface area contributed by atoms with Gasteiger partial charge in [-0.3, -0.25) is 13.9 Å². The van der Waals surface area contributed by atoms with Crippen molar-refractivity contribution in [3.05, 3.63) is 95.6 Å². The second-order valence-electron chi connectivity index (χ2n) is 8.74. The van der Waals surface area contributed by atoms with E-state index in [1.165, 1.54) is 17.0 Å². The van der Waals surface area contributed by atoms with E-state index in [1.807, 2.05) is 51.1 Å². The minimum absolute atomic E-state index is 0.0844. The van der Waals surface area contributed by atoms with E-state index in [0.717, 1.165) is 21.0 Å². The highest BCUT2D eigenvalue weighted by atomic mass is 32.2. The topological polar surface area (TPSA) is 86.8 Å². The molecule has 1 N–H and O–H groups in total. The number of aryl methyl sites for hydroxylation is 2. The first-order chi connectivity index (χ1) is 17.1. The minimum atomic E-state index is -4.05. The monoisotopic (exact) mass is 507 g/mol. The fourth-order valence-electron chi connectivity index (χ4n) is 3.83. The van der Waals surface area contributed by atoms with Crippen LogP contribution in [0.2, 0.25) is 0 Å². The molecule has 0 unspecified atom stereocenters.